The van der Waals surface area contributed by atoms with Gasteiger partial charge in [0.2, 0.25) is 6.71 Å². The van der Waals surface area contributed by atoms with Gasteiger partial charge in [-0.15, -0.1) is 0 Å². The van der Waals surface area contributed by atoms with E-state index in [1.165, 1.54) is 55.0 Å². The third-order valence-corrected chi connectivity index (χ3v) is 9.14. The summed E-state index contributed by atoms with van der Waals surface area (Å²) in [6, 6.07) is 27.1. The summed E-state index contributed by atoms with van der Waals surface area (Å²) in [5, 5.41) is 2.60. The molecule has 4 aromatic rings. The van der Waals surface area contributed by atoms with Gasteiger partial charge in [-0.1, -0.05) is 131 Å². The van der Waals surface area contributed by atoms with Crippen LogP contribution in [0.2, 0.25) is 0 Å². The Morgan fingerprint density at radius 2 is 1.71 bits per heavy atom. The van der Waals surface area contributed by atoms with Gasteiger partial charge in [0.15, 0.2) is 0 Å². The van der Waals surface area contributed by atoms with Gasteiger partial charge < -0.3 is 4.74 Å². The lowest BCUT2D eigenvalue weighted by molar-refractivity contribution is 0.152. The van der Waals surface area contributed by atoms with Crippen molar-refractivity contribution >= 4 is 45.5 Å². The van der Waals surface area contributed by atoms with E-state index in [1.54, 1.807) is 0 Å². The van der Waals surface area contributed by atoms with Crippen LogP contribution in [0.1, 0.15) is 55.0 Å². The van der Waals surface area contributed by atoms with Crippen LogP contribution in [-0.4, -0.2) is 12.8 Å². The standard InChI is InChI=1S/C39H39BO/c1-7-13-34-28(5)39(41-29(34)6)27(4)32-16-12-17-33(24-32)40(37-25(2)20-22-30-14-8-10-18-35(30)37)38-26(3)21-23-31-15-9-11-19-36(31)38/h7-8,10-14,16-24,29,34H,4,9,15H2,1-3,5-6H3/b13-7-. The number of rotatable bonds is 6. The molecule has 4 aromatic carbocycles. The van der Waals surface area contributed by atoms with E-state index in [0.717, 1.165) is 29.7 Å². The average Bonchev–Trinajstić information content (AvgIpc) is 3.27. The van der Waals surface area contributed by atoms with Crippen molar-refractivity contribution in [2.75, 3.05) is 0 Å². The van der Waals surface area contributed by atoms with Crippen LogP contribution in [-0.2, 0) is 11.2 Å². The molecule has 2 atom stereocenters. The van der Waals surface area contributed by atoms with Gasteiger partial charge >= 0.3 is 0 Å². The first kappa shape index (κ1) is 27.2. The highest BCUT2D eigenvalue weighted by Gasteiger charge is 2.33. The van der Waals surface area contributed by atoms with E-state index in [1.807, 2.05) is 0 Å². The van der Waals surface area contributed by atoms with Crippen LogP contribution in [0.15, 0.2) is 109 Å². The van der Waals surface area contributed by atoms with Crippen molar-refractivity contribution < 1.29 is 4.74 Å². The number of hydrogen-bond donors (Lipinski definition) is 0. The Labute approximate surface area is 246 Å². The Kier molecular flexibility index (Phi) is 7.34. The van der Waals surface area contributed by atoms with E-state index in [2.05, 4.69) is 138 Å². The summed E-state index contributed by atoms with van der Waals surface area (Å²) in [5.74, 6) is 1.22. The lowest BCUT2D eigenvalue weighted by Crippen LogP contribution is -2.55. The molecule has 1 heterocycles. The Morgan fingerprint density at radius 3 is 2.54 bits per heavy atom. The second-order valence-corrected chi connectivity index (χ2v) is 11.8. The summed E-state index contributed by atoms with van der Waals surface area (Å²) in [6.45, 7) is 15.6. The summed E-state index contributed by atoms with van der Waals surface area (Å²) < 4.78 is 6.41. The van der Waals surface area contributed by atoms with E-state index in [-0.39, 0.29) is 18.7 Å². The summed E-state index contributed by atoms with van der Waals surface area (Å²) in [7, 11) is 0. The molecular formula is C39H39BO. The first-order valence-electron chi connectivity index (χ1n) is 15.0. The molecule has 0 radical (unpaired) electrons. The number of fused-ring (bicyclic) bond motifs is 2. The smallest absolute Gasteiger partial charge is 0.243 e. The molecule has 41 heavy (non-hydrogen) atoms. The quantitative estimate of drug-likeness (QED) is 0.181. The fraction of sp³-hybridized carbons (Fsp3) is 0.231. The molecule has 0 aromatic heterocycles. The molecule has 2 heteroatoms. The number of hydrogen-bond acceptors (Lipinski definition) is 1. The van der Waals surface area contributed by atoms with Gasteiger partial charge in [0.1, 0.15) is 11.9 Å². The van der Waals surface area contributed by atoms with Crippen molar-refractivity contribution in [2.45, 2.75) is 53.6 Å². The monoisotopic (exact) mass is 534 g/mol. The first-order chi connectivity index (χ1) is 19.9. The van der Waals surface area contributed by atoms with E-state index in [4.69, 9.17) is 4.74 Å². The van der Waals surface area contributed by atoms with Crippen molar-refractivity contribution in [1.29, 1.82) is 0 Å². The minimum atomic E-state index is 0.0841. The highest BCUT2D eigenvalue weighted by atomic mass is 16.5. The van der Waals surface area contributed by atoms with Crippen molar-refractivity contribution in [1.82, 2.24) is 0 Å². The zero-order valence-corrected chi connectivity index (χ0v) is 25.0. The van der Waals surface area contributed by atoms with Gasteiger partial charge in [0, 0.05) is 11.5 Å². The summed E-state index contributed by atoms with van der Waals surface area (Å²) in [4.78, 5) is 0. The molecule has 2 aliphatic rings. The molecule has 2 unspecified atom stereocenters. The summed E-state index contributed by atoms with van der Waals surface area (Å²) >= 11 is 0. The third-order valence-electron chi connectivity index (χ3n) is 9.14. The van der Waals surface area contributed by atoms with Gasteiger partial charge in [-0.2, -0.15) is 0 Å². The summed E-state index contributed by atoms with van der Waals surface area (Å²) in [5.41, 5.74) is 12.9. The minimum Gasteiger partial charge on any atom is -0.489 e. The second kappa shape index (κ2) is 11.1. The third kappa shape index (κ3) is 4.80. The molecule has 1 aliphatic carbocycles. The van der Waals surface area contributed by atoms with Crippen LogP contribution in [0.4, 0.5) is 0 Å². The van der Waals surface area contributed by atoms with Crippen LogP contribution in [0.5, 0.6) is 0 Å². The molecule has 0 fully saturated rings. The van der Waals surface area contributed by atoms with Crippen LogP contribution >= 0.6 is 0 Å². The van der Waals surface area contributed by atoms with Gasteiger partial charge in [-0.25, -0.2) is 0 Å². The highest BCUT2D eigenvalue weighted by molar-refractivity contribution is 6.97. The maximum atomic E-state index is 6.41. The number of benzene rings is 4. The topological polar surface area (TPSA) is 9.23 Å². The number of ether oxygens (including phenoxy) is 1. The van der Waals surface area contributed by atoms with E-state index in [9.17, 15) is 0 Å². The fourth-order valence-electron chi connectivity index (χ4n) is 7.00. The SMILES string of the molecule is C=C(C1=C(C)C(/C=C\C)C(C)O1)c1cccc(B(c2c(C)ccc3c2C=CCC3)c2c(C)ccc3ccccc23)c1. The Bertz CT molecular complexity index is 1750. The normalized spacial score (nSPS) is 18.2. The summed E-state index contributed by atoms with van der Waals surface area (Å²) in [6.07, 6.45) is 11.4. The molecule has 0 N–H and O–H groups in total. The van der Waals surface area contributed by atoms with Crippen LogP contribution in [0.3, 0.4) is 0 Å². The molecule has 6 rings (SSSR count). The molecule has 204 valence electrons. The van der Waals surface area contributed by atoms with Gasteiger partial charge in [0.05, 0.1) is 0 Å². The molecule has 0 saturated carbocycles. The Hall–Kier alpha value is -4.04. The van der Waals surface area contributed by atoms with Crippen molar-refractivity contribution in [2.24, 2.45) is 5.92 Å². The lowest BCUT2D eigenvalue weighted by atomic mass is 9.34. The molecular weight excluding hydrogens is 495 g/mol. The predicted molar refractivity (Wildman–Crippen MR) is 179 cm³/mol. The van der Waals surface area contributed by atoms with Gasteiger partial charge in [0.25, 0.3) is 0 Å². The average molecular weight is 535 g/mol. The van der Waals surface area contributed by atoms with Crippen LogP contribution < -0.4 is 16.4 Å². The minimum absolute atomic E-state index is 0.0841. The van der Waals surface area contributed by atoms with Crippen LogP contribution in [0.25, 0.3) is 22.4 Å². The van der Waals surface area contributed by atoms with Crippen molar-refractivity contribution in [3.8, 4) is 0 Å². The van der Waals surface area contributed by atoms with E-state index >= 15 is 0 Å². The highest BCUT2D eigenvalue weighted by Crippen LogP contribution is 2.38. The second-order valence-electron chi connectivity index (χ2n) is 11.8. The molecule has 0 saturated heterocycles. The maximum absolute atomic E-state index is 6.41. The maximum Gasteiger partial charge on any atom is 0.243 e. The molecule has 0 spiro atoms. The molecule has 0 amide bonds. The van der Waals surface area contributed by atoms with Crippen molar-refractivity contribution in [3.63, 3.8) is 0 Å². The number of allylic oxidation sites excluding steroid dienone is 3. The predicted octanol–water partition coefficient (Wildman–Crippen LogP) is 7.83. The lowest BCUT2D eigenvalue weighted by Gasteiger charge is -2.26. The van der Waals surface area contributed by atoms with Gasteiger partial charge in [-0.05, 0) is 80.5 Å². The zero-order chi connectivity index (χ0) is 28.7. The van der Waals surface area contributed by atoms with Gasteiger partial charge in [-0.3, -0.25) is 0 Å². The largest absolute Gasteiger partial charge is 0.489 e. The van der Waals surface area contributed by atoms with E-state index in [0.29, 0.717) is 0 Å². The fourth-order valence-corrected chi connectivity index (χ4v) is 7.00. The number of aryl methyl sites for hydroxylation is 3. The Morgan fingerprint density at radius 1 is 0.927 bits per heavy atom. The van der Waals surface area contributed by atoms with Crippen molar-refractivity contribution in [3.05, 3.63) is 137 Å². The first-order valence-corrected chi connectivity index (χ1v) is 15.0. The molecule has 1 nitrogen and oxygen atoms in total. The molecule has 1 aliphatic heterocycles. The Balaban J connectivity index is 1.57. The van der Waals surface area contributed by atoms with Crippen LogP contribution in [0, 0.1) is 19.8 Å². The van der Waals surface area contributed by atoms with E-state index < -0.39 is 0 Å². The molecule has 0 bridgehead atoms. The zero-order valence-electron chi connectivity index (χ0n) is 25.0.